The maximum Gasteiger partial charge on any atom is 0.302 e. The van der Waals surface area contributed by atoms with Crippen LogP contribution in [0.2, 0.25) is 0 Å². The summed E-state index contributed by atoms with van der Waals surface area (Å²) in [6.07, 6.45) is 7.62. The minimum absolute atomic E-state index is 0.00478. The van der Waals surface area contributed by atoms with Crippen LogP contribution in [0, 0.1) is 28.6 Å². The predicted octanol–water partition coefficient (Wildman–Crippen LogP) is 3.63. The third-order valence-corrected chi connectivity index (χ3v) is 8.01. The molecular formula is C21H28O4. The molecule has 0 unspecified atom stereocenters. The Morgan fingerprint density at radius 1 is 1.12 bits per heavy atom. The van der Waals surface area contributed by atoms with Gasteiger partial charge in [0.25, 0.3) is 0 Å². The summed E-state index contributed by atoms with van der Waals surface area (Å²) in [5.41, 5.74) is 0.646. The van der Waals surface area contributed by atoms with Gasteiger partial charge in [-0.3, -0.25) is 14.4 Å². The van der Waals surface area contributed by atoms with Crippen LogP contribution in [0.4, 0.5) is 0 Å². The first-order chi connectivity index (χ1) is 11.8. The smallest absolute Gasteiger partial charge is 0.302 e. The van der Waals surface area contributed by atoms with E-state index < -0.39 is 0 Å². The molecule has 0 aromatic heterocycles. The number of fused-ring (bicyclic) bond motifs is 5. The first kappa shape index (κ1) is 17.0. The summed E-state index contributed by atoms with van der Waals surface area (Å²) >= 11 is 0. The van der Waals surface area contributed by atoms with Crippen molar-refractivity contribution in [3.8, 4) is 0 Å². The Morgan fingerprint density at radius 2 is 1.88 bits per heavy atom. The molecule has 4 nitrogen and oxygen atoms in total. The number of esters is 1. The van der Waals surface area contributed by atoms with E-state index in [0.717, 1.165) is 37.7 Å². The van der Waals surface area contributed by atoms with E-state index in [1.165, 1.54) is 6.92 Å². The van der Waals surface area contributed by atoms with Gasteiger partial charge in [-0.2, -0.15) is 0 Å². The van der Waals surface area contributed by atoms with Crippen LogP contribution in [-0.4, -0.2) is 23.6 Å². The molecule has 0 spiro atoms. The molecule has 0 saturated heterocycles. The lowest BCUT2D eigenvalue weighted by atomic mass is 9.47. The monoisotopic (exact) mass is 344 g/mol. The van der Waals surface area contributed by atoms with Gasteiger partial charge in [-0.15, -0.1) is 0 Å². The molecule has 0 aromatic carbocycles. The minimum atomic E-state index is -0.198. The number of carbonyl (C=O) groups excluding carboxylic acids is 3. The van der Waals surface area contributed by atoms with Crippen molar-refractivity contribution in [2.24, 2.45) is 28.6 Å². The van der Waals surface area contributed by atoms with E-state index in [1.807, 2.05) is 0 Å². The fraction of sp³-hybridized carbons (Fsp3) is 0.762. The molecule has 0 amide bonds. The van der Waals surface area contributed by atoms with E-state index in [4.69, 9.17) is 4.74 Å². The lowest BCUT2D eigenvalue weighted by Gasteiger charge is -2.57. The van der Waals surface area contributed by atoms with Crippen LogP contribution in [0.3, 0.4) is 0 Å². The second-order valence-corrected chi connectivity index (χ2v) is 9.17. The predicted molar refractivity (Wildman–Crippen MR) is 92.7 cm³/mol. The van der Waals surface area contributed by atoms with Crippen molar-refractivity contribution in [1.29, 1.82) is 0 Å². The van der Waals surface area contributed by atoms with Gasteiger partial charge < -0.3 is 4.74 Å². The van der Waals surface area contributed by atoms with Gasteiger partial charge in [0, 0.05) is 30.8 Å². The highest BCUT2D eigenvalue weighted by Crippen LogP contribution is 2.64. The van der Waals surface area contributed by atoms with Gasteiger partial charge in [0.1, 0.15) is 6.10 Å². The number of Topliss-reactive ketones (excluding diaryl/α,β-unsaturated/α-hetero) is 1. The van der Waals surface area contributed by atoms with Crippen LogP contribution in [0.15, 0.2) is 11.6 Å². The zero-order valence-corrected chi connectivity index (χ0v) is 15.5. The van der Waals surface area contributed by atoms with Crippen molar-refractivity contribution in [2.45, 2.75) is 71.8 Å². The summed E-state index contributed by atoms with van der Waals surface area (Å²) in [6.45, 7) is 5.96. The molecule has 3 fully saturated rings. The Labute approximate surface area is 149 Å². The van der Waals surface area contributed by atoms with Crippen molar-refractivity contribution in [3.63, 3.8) is 0 Å². The fourth-order valence-electron chi connectivity index (χ4n) is 6.73. The SMILES string of the molecule is CC(=O)O[C@H]1CC[C@H]2[C@@H]3CC(=O)C4=CC(=O)CC[C@]4(C)[C@H]3CC[C@]12C. The Kier molecular flexibility index (Phi) is 3.75. The summed E-state index contributed by atoms with van der Waals surface area (Å²) in [5, 5.41) is 0. The number of carbonyl (C=O) groups is 3. The van der Waals surface area contributed by atoms with Crippen LogP contribution in [-0.2, 0) is 19.1 Å². The molecule has 4 aliphatic carbocycles. The van der Waals surface area contributed by atoms with Crippen molar-refractivity contribution in [2.75, 3.05) is 0 Å². The van der Waals surface area contributed by atoms with Crippen LogP contribution < -0.4 is 0 Å². The summed E-state index contributed by atoms with van der Waals surface area (Å²) in [4.78, 5) is 36.3. The molecule has 136 valence electrons. The largest absolute Gasteiger partial charge is 0.462 e. The number of allylic oxidation sites excluding steroid dienone is 1. The van der Waals surface area contributed by atoms with Crippen LogP contribution in [0.25, 0.3) is 0 Å². The maximum absolute atomic E-state index is 12.9. The molecule has 0 aromatic rings. The standard InChI is InChI=1S/C21H28O4/c1-12(22)25-19-5-4-15-14-11-18(24)17-10-13(23)6-8-20(17,2)16(14)7-9-21(15,19)3/h10,14-16,19H,4-9,11H2,1-3H3/t14-,15-,16-,19-,20+,21-/m0/s1. The lowest BCUT2D eigenvalue weighted by Crippen LogP contribution is -2.53. The molecule has 6 atom stereocenters. The van der Waals surface area contributed by atoms with Crippen LogP contribution in [0.1, 0.15) is 65.7 Å². The van der Waals surface area contributed by atoms with Gasteiger partial charge >= 0.3 is 5.97 Å². The first-order valence-electron chi connectivity index (χ1n) is 9.71. The Balaban J connectivity index is 1.67. The van der Waals surface area contributed by atoms with Gasteiger partial charge in [0.15, 0.2) is 11.6 Å². The minimum Gasteiger partial charge on any atom is -0.462 e. The number of hydrogen-bond acceptors (Lipinski definition) is 4. The van der Waals surface area contributed by atoms with Crippen molar-refractivity contribution >= 4 is 17.5 Å². The van der Waals surface area contributed by atoms with Crippen molar-refractivity contribution in [3.05, 3.63) is 11.6 Å². The summed E-state index contributed by atoms with van der Waals surface area (Å²) in [5.74, 6) is 1.36. The van der Waals surface area contributed by atoms with E-state index in [9.17, 15) is 14.4 Å². The average molecular weight is 344 g/mol. The van der Waals surface area contributed by atoms with Gasteiger partial charge in [0.05, 0.1) is 0 Å². The molecule has 4 rings (SSSR count). The third-order valence-electron chi connectivity index (χ3n) is 8.01. The quantitative estimate of drug-likeness (QED) is 0.682. The van der Waals surface area contributed by atoms with E-state index in [0.29, 0.717) is 30.6 Å². The van der Waals surface area contributed by atoms with Gasteiger partial charge in [-0.1, -0.05) is 13.8 Å². The normalized spacial score (nSPS) is 46.0. The highest BCUT2D eigenvalue weighted by Gasteiger charge is 2.61. The summed E-state index contributed by atoms with van der Waals surface area (Å²) in [6, 6.07) is 0. The molecule has 4 heteroatoms. The molecule has 0 heterocycles. The fourth-order valence-corrected chi connectivity index (χ4v) is 6.73. The second-order valence-electron chi connectivity index (χ2n) is 9.17. The molecular weight excluding hydrogens is 316 g/mol. The zero-order valence-electron chi connectivity index (χ0n) is 15.5. The number of hydrogen-bond donors (Lipinski definition) is 0. The Hall–Kier alpha value is -1.45. The Bertz CT molecular complexity index is 677. The number of ketones is 2. The molecule has 0 radical (unpaired) electrons. The summed E-state index contributed by atoms with van der Waals surface area (Å²) < 4.78 is 5.66. The molecule has 3 saturated carbocycles. The second kappa shape index (κ2) is 5.52. The van der Waals surface area contributed by atoms with E-state index in [2.05, 4.69) is 13.8 Å². The third kappa shape index (κ3) is 2.36. The van der Waals surface area contributed by atoms with Crippen LogP contribution in [0.5, 0.6) is 0 Å². The Morgan fingerprint density at radius 3 is 2.60 bits per heavy atom. The zero-order chi connectivity index (χ0) is 18.0. The van der Waals surface area contributed by atoms with E-state index in [1.54, 1.807) is 6.08 Å². The lowest BCUT2D eigenvalue weighted by molar-refractivity contribution is -0.158. The topological polar surface area (TPSA) is 60.4 Å². The van der Waals surface area contributed by atoms with Crippen molar-refractivity contribution < 1.29 is 19.1 Å². The van der Waals surface area contributed by atoms with E-state index >= 15 is 0 Å². The molecule has 25 heavy (non-hydrogen) atoms. The van der Waals surface area contributed by atoms with Crippen LogP contribution >= 0.6 is 0 Å². The highest BCUT2D eigenvalue weighted by atomic mass is 16.5. The van der Waals surface area contributed by atoms with Gasteiger partial charge in [-0.25, -0.2) is 0 Å². The van der Waals surface area contributed by atoms with E-state index in [-0.39, 0.29) is 34.5 Å². The van der Waals surface area contributed by atoms with Crippen molar-refractivity contribution in [1.82, 2.24) is 0 Å². The average Bonchev–Trinajstić information content (AvgIpc) is 2.86. The molecule has 4 aliphatic rings. The molecule has 0 bridgehead atoms. The molecule has 0 N–H and O–H groups in total. The maximum atomic E-state index is 12.9. The van der Waals surface area contributed by atoms with Gasteiger partial charge in [-0.05, 0) is 61.3 Å². The van der Waals surface area contributed by atoms with Gasteiger partial charge in [0.2, 0.25) is 0 Å². The number of rotatable bonds is 1. The number of ether oxygens (including phenoxy) is 1. The highest BCUT2D eigenvalue weighted by molar-refractivity contribution is 6.05. The summed E-state index contributed by atoms with van der Waals surface area (Å²) in [7, 11) is 0. The molecule has 0 aliphatic heterocycles. The first-order valence-corrected chi connectivity index (χ1v) is 9.71.